The van der Waals surface area contributed by atoms with Gasteiger partial charge in [0.25, 0.3) is 5.91 Å². The van der Waals surface area contributed by atoms with Crippen LogP contribution in [-0.2, 0) is 13.6 Å². The first-order valence-corrected chi connectivity index (χ1v) is 7.50. The lowest BCUT2D eigenvalue weighted by Crippen LogP contribution is -2.22. The van der Waals surface area contributed by atoms with Crippen molar-refractivity contribution in [2.75, 3.05) is 0 Å². The summed E-state index contributed by atoms with van der Waals surface area (Å²) in [6.07, 6.45) is 5.59. The Labute approximate surface area is 137 Å². The summed E-state index contributed by atoms with van der Waals surface area (Å²) in [6, 6.07) is 11.4. The molecule has 0 aromatic carbocycles. The molecule has 1 N–H and O–H groups in total. The predicted molar refractivity (Wildman–Crippen MR) is 87.3 cm³/mol. The quantitative estimate of drug-likeness (QED) is 0.625. The van der Waals surface area contributed by atoms with Crippen LogP contribution < -0.4 is 5.32 Å². The fourth-order valence-electron chi connectivity index (χ4n) is 2.56. The Balaban J connectivity index is 1.46. The van der Waals surface area contributed by atoms with Gasteiger partial charge in [-0.1, -0.05) is 11.2 Å². The van der Waals surface area contributed by atoms with Gasteiger partial charge in [0.05, 0.1) is 17.8 Å². The Morgan fingerprint density at radius 3 is 2.96 bits per heavy atom. The van der Waals surface area contributed by atoms with Crippen LogP contribution in [0.25, 0.3) is 17.0 Å². The van der Waals surface area contributed by atoms with Crippen molar-refractivity contribution < 1.29 is 9.32 Å². The molecule has 0 spiro atoms. The summed E-state index contributed by atoms with van der Waals surface area (Å²) in [5.74, 6) is 0.682. The van der Waals surface area contributed by atoms with Crippen molar-refractivity contribution in [2.45, 2.75) is 6.54 Å². The fraction of sp³-hybridized carbons (Fsp3) is 0.118. The molecule has 0 bridgehead atoms. The van der Waals surface area contributed by atoms with E-state index in [1.807, 2.05) is 64.8 Å². The summed E-state index contributed by atoms with van der Waals surface area (Å²) >= 11 is 0. The Bertz CT molecular complexity index is 978. The Hall–Kier alpha value is -3.35. The second-order valence-electron chi connectivity index (χ2n) is 5.46. The zero-order valence-corrected chi connectivity index (χ0v) is 13.0. The molecule has 7 heteroatoms. The van der Waals surface area contributed by atoms with Crippen molar-refractivity contribution in [1.29, 1.82) is 0 Å². The number of rotatable bonds is 4. The summed E-state index contributed by atoms with van der Waals surface area (Å²) in [5, 5.41) is 6.74. The van der Waals surface area contributed by atoms with Gasteiger partial charge in [0.2, 0.25) is 11.7 Å². The number of carbonyl (C=O) groups excluding carboxylic acids is 1. The molecule has 0 radical (unpaired) electrons. The van der Waals surface area contributed by atoms with Gasteiger partial charge in [0.1, 0.15) is 0 Å². The standard InChI is InChI=1S/C17H15N5O2/c1-21-7-4-6-14(21)16-19-15(24-20-16)10-18-17(23)12-9-13-5-2-3-8-22(13)11-12/h2-9,11H,10H2,1H3,(H,18,23). The molecular weight excluding hydrogens is 306 g/mol. The summed E-state index contributed by atoms with van der Waals surface area (Å²) in [6.45, 7) is 0.183. The van der Waals surface area contributed by atoms with E-state index >= 15 is 0 Å². The molecule has 120 valence electrons. The van der Waals surface area contributed by atoms with Crippen LogP contribution in [-0.4, -0.2) is 25.0 Å². The molecule has 0 saturated carbocycles. The molecule has 0 unspecified atom stereocenters. The lowest BCUT2D eigenvalue weighted by atomic mass is 10.3. The third-order valence-electron chi connectivity index (χ3n) is 3.81. The highest BCUT2D eigenvalue weighted by atomic mass is 16.5. The zero-order chi connectivity index (χ0) is 16.5. The van der Waals surface area contributed by atoms with Crippen LogP contribution in [0.2, 0.25) is 0 Å². The van der Waals surface area contributed by atoms with Gasteiger partial charge in [-0.3, -0.25) is 4.79 Å². The molecule has 1 amide bonds. The van der Waals surface area contributed by atoms with Crippen molar-refractivity contribution in [3.63, 3.8) is 0 Å². The SMILES string of the molecule is Cn1cccc1-c1noc(CNC(=O)c2cc3ccccn3c2)n1. The van der Waals surface area contributed by atoms with E-state index in [9.17, 15) is 4.79 Å². The van der Waals surface area contributed by atoms with Crippen LogP contribution >= 0.6 is 0 Å². The summed E-state index contributed by atoms with van der Waals surface area (Å²) in [5.41, 5.74) is 2.41. The maximum Gasteiger partial charge on any atom is 0.253 e. The molecule has 4 aromatic rings. The number of amides is 1. The highest BCUT2D eigenvalue weighted by Gasteiger charge is 2.13. The minimum absolute atomic E-state index is 0.183. The second-order valence-corrected chi connectivity index (χ2v) is 5.46. The third kappa shape index (κ3) is 2.56. The van der Waals surface area contributed by atoms with Crippen LogP contribution in [0.5, 0.6) is 0 Å². The van der Waals surface area contributed by atoms with E-state index in [0.717, 1.165) is 11.2 Å². The number of nitrogens with zero attached hydrogens (tertiary/aromatic N) is 4. The fourth-order valence-corrected chi connectivity index (χ4v) is 2.56. The number of fused-ring (bicyclic) bond motifs is 1. The third-order valence-corrected chi connectivity index (χ3v) is 3.81. The van der Waals surface area contributed by atoms with E-state index in [1.165, 1.54) is 0 Å². The summed E-state index contributed by atoms with van der Waals surface area (Å²) in [7, 11) is 1.91. The minimum Gasteiger partial charge on any atom is -0.348 e. The molecule has 0 atom stereocenters. The molecule has 7 nitrogen and oxygen atoms in total. The van der Waals surface area contributed by atoms with Gasteiger partial charge in [-0.05, 0) is 30.3 Å². The first-order valence-electron chi connectivity index (χ1n) is 7.50. The van der Waals surface area contributed by atoms with Crippen LogP contribution in [0.4, 0.5) is 0 Å². The van der Waals surface area contributed by atoms with E-state index < -0.39 is 0 Å². The number of pyridine rings is 1. The maximum absolute atomic E-state index is 12.3. The molecule has 0 fully saturated rings. The van der Waals surface area contributed by atoms with Crippen molar-refractivity contribution in [2.24, 2.45) is 7.05 Å². The molecule has 0 saturated heterocycles. The number of aryl methyl sites for hydroxylation is 1. The lowest BCUT2D eigenvalue weighted by molar-refractivity contribution is 0.0946. The van der Waals surface area contributed by atoms with Gasteiger partial charge in [0.15, 0.2) is 0 Å². The van der Waals surface area contributed by atoms with Gasteiger partial charge in [-0.2, -0.15) is 4.98 Å². The zero-order valence-electron chi connectivity index (χ0n) is 13.0. The molecule has 0 aliphatic rings. The Morgan fingerprint density at radius 2 is 2.17 bits per heavy atom. The molecule has 4 aromatic heterocycles. The largest absolute Gasteiger partial charge is 0.348 e. The van der Waals surface area contributed by atoms with Gasteiger partial charge in [-0.15, -0.1) is 0 Å². The van der Waals surface area contributed by atoms with Crippen LogP contribution in [0.3, 0.4) is 0 Å². The topological polar surface area (TPSA) is 77.4 Å². The summed E-state index contributed by atoms with van der Waals surface area (Å²) in [4.78, 5) is 16.6. The predicted octanol–water partition coefficient (Wildman–Crippen LogP) is 2.26. The van der Waals surface area contributed by atoms with E-state index in [-0.39, 0.29) is 12.5 Å². The van der Waals surface area contributed by atoms with E-state index in [2.05, 4.69) is 15.5 Å². The molecule has 4 rings (SSSR count). The Morgan fingerprint density at radius 1 is 1.25 bits per heavy atom. The van der Waals surface area contributed by atoms with Crippen molar-refractivity contribution >= 4 is 11.4 Å². The van der Waals surface area contributed by atoms with Gasteiger partial charge in [-0.25, -0.2) is 0 Å². The van der Waals surface area contributed by atoms with Crippen molar-refractivity contribution in [3.05, 3.63) is 66.4 Å². The number of aromatic nitrogens is 4. The monoisotopic (exact) mass is 321 g/mol. The van der Waals surface area contributed by atoms with Gasteiger partial charge in [0, 0.05) is 31.2 Å². The highest BCUT2D eigenvalue weighted by Crippen LogP contribution is 2.15. The summed E-state index contributed by atoms with van der Waals surface area (Å²) < 4.78 is 8.99. The number of nitrogens with one attached hydrogen (secondary N) is 1. The van der Waals surface area contributed by atoms with Gasteiger partial charge >= 0.3 is 0 Å². The van der Waals surface area contributed by atoms with Crippen LogP contribution in [0.15, 0.2) is 59.5 Å². The Kier molecular flexibility index (Phi) is 3.38. The van der Waals surface area contributed by atoms with E-state index in [0.29, 0.717) is 17.3 Å². The number of carbonyl (C=O) groups is 1. The first kappa shape index (κ1) is 14.3. The average Bonchev–Trinajstić information content (AvgIpc) is 3.31. The van der Waals surface area contributed by atoms with E-state index in [4.69, 9.17) is 4.52 Å². The number of hydrogen-bond acceptors (Lipinski definition) is 4. The highest BCUT2D eigenvalue weighted by molar-refractivity contribution is 5.95. The second kappa shape index (κ2) is 5.69. The van der Waals surface area contributed by atoms with Gasteiger partial charge < -0.3 is 18.8 Å². The van der Waals surface area contributed by atoms with Crippen molar-refractivity contribution in [1.82, 2.24) is 24.4 Å². The molecule has 24 heavy (non-hydrogen) atoms. The maximum atomic E-state index is 12.3. The number of hydrogen-bond donors (Lipinski definition) is 1. The molecule has 0 aliphatic carbocycles. The van der Waals surface area contributed by atoms with E-state index in [1.54, 1.807) is 6.20 Å². The van der Waals surface area contributed by atoms with Crippen LogP contribution in [0.1, 0.15) is 16.2 Å². The molecular formula is C17H15N5O2. The van der Waals surface area contributed by atoms with Crippen LogP contribution in [0, 0.1) is 0 Å². The first-order chi connectivity index (χ1) is 11.7. The normalized spacial score (nSPS) is 11.0. The average molecular weight is 321 g/mol. The smallest absolute Gasteiger partial charge is 0.253 e. The minimum atomic E-state index is -0.183. The van der Waals surface area contributed by atoms with Crippen molar-refractivity contribution in [3.8, 4) is 11.5 Å². The molecule has 0 aliphatic heterocycles. The lowest BCUT2D eigenvalue weighted by Gasteiger charge is -1.99. The molecule has 4 heterocycles.